The van der Waals surface area contributed by atoms with Gasteiger partial charge in [0.25, 0.3) is 0 Å². The Balaban J connectivity index is 1.35. The van der Waals surface area contributed by atoms with Crippen LogP contribution in [0.5, 0.6) is 0 Å². The molecule has 3 amide bonds. The number of hydrazine groups is 2. The van der Waals surface area contributed by atoms with E-state index in [0.717, 1.165) is 25.9 Å². The highest BCUT2D eigenvalue weighted by atomic mass is 19.1. The maximum absolute atomic E-state index is 16.3. The number of nitrogens with one attached hydrogen (secondary N) is 5. The molecule has 6 aliphatic rings. The van der Waals surface area contributed by atoms with E-state index in [1.54, 1.807) is 4.90 Å². The average molecular weight is 578 g/mol. The first-order valence-electron chi connectivity index (χ1n) is 15.5. The number of rotatable bonds is 3. The number of hydrogen-bond donors (Lipinski definition) is 5. The molecule has 10 atom stereocenters. The number of ether oxygens (including phenoxy) is 1. The standard InChI is InChI=1S/C28H48FN9O3/c1-5-22(39)35-10-11-36(17(4)15-35)26-18-13-19(29)24-20-14-31-34-37(20)9-6-12-41-21-7-8-30-23(16(2)3)25(21)38(27(18)32-24)28(40)33-26/h5,16-21,23-27,30-32,34H,1,6-15H2,2-4H3,(H,33,40)/t17-,18?,19?,20?,21?,23?,24?,25?,26?,27?/m0/s1. The average Bonchev–Trinajstić information content (AvgIpc) is 3.42. The quantitative estimate of drug-likeness (QED) is 0.285. The van der Waals surface area contributed by atoms with Crippen LogP contribution in [0.1, 0.15) is 40.0 Å². The molecule has 0 radical (unpaired) electrons. The Labute approximate surface area is 242 Å². The van der Waals surface area contributed by atoms with Crippen molar-refractivity contribution in [3.8, 4) is 0 Å². The molecule has 2 bridgehead atoms. The SMILES string of the molecule is C=CC(=O)N1CCN(C2NC(=O)N3C4NC(C(F)CC42)C2CNNN2CCCOC2CCNC(C(C)C)C23)[C@@H](C)C1. The van der Waals surface area contributed by atoms with Crippen molar-refractivity contribution in [2.45, 2.75) is 94.9 Å². The van der Waals surface area contributed by atoms with Crippen molar-refractivity contribution in [2.24, 2.45) is 11.8 Å². The van der Waals surface area contributed by atoms with Crippen molar-refractivity contribution in [1.29, 1.82) is 0 Å². The molecule has 5 N–H and O–H groups in total. The van der Waals surface area contributed by atoms with Gasteiger partial charge in [-0.1, -0.05) is 20.4 Å². The molecule has 6 saturated heterocycles. The highest BCUT2D eigenvalue weighted by molar-refractivity contribution is 5.87. The van der Waals surface area contributed by atoms with Gasteiger partial charge in [0.15, 0.2) is 0 Å². The van der Waals surface area contributed by atoms with Crippen LogP contribution in [0.25, 0.3) is 0 Å². The number of carbonyl (C=O) groups excluding carboxylic acids is 2. The van der Waals surface area contributed by atoms with Crippen molar-refractivity contribution in [2.75, 3.05) is 45.9 Å². The first kappa shape index (κ1) is 29.2. The van der Waals surface area contributed by atoms with Crippen LogP contribution in [0.2, 0.25) is 0 Å². The molecule has 0 spiro atoms. The largest absolute Gasteiger partial charge is 0.376 e. The smallest absolute Gasteiger partial charge is 0.320 e. The minimum absolute atomic E-state index is 0.00101. The van der Waals surface area contributed by atoms with Crippen LogP contribution in [-0.2, 0) is 9.53 Å². The van der Waals surface area contributed by atoms with E-state index < -0.39 is 12.2 Å². The fourth-order valence-corrected chi connectivity index (χ4v) is 8.24. The highest BCUT2D eigenvalue weighted by Crippen LogP contribution is 2.38. The number of amides is 3. The van der Waals surface area contributed by atoms with E-state index in [9.17, 15) is 9.59 Å². The molecule has 6 rings (SSSR count). The molecule has 0 saturated carbocycles. The lowest BCUT2D eigenvalue weighted by atomic mass is 9.79. The van der Waals surface area contributed by atoms with Gasteiger partial charge in [0.1, 0.15) is 6.17 Å². The molecule has 6 fully saturated rings. The van der Waals surface area contributed by atoms with Gasteiger partial charge in [0.2, 0.25) is 5.91 Å². The molecule has 13 heteroatoms. The first-order valence-corrected chi connectivity index (χ1v) is 15.5. The van der Waals surface area contributed by atoms with Gasteiger partial charge in [-0.15, -0.1) is 0 Å². The summed E-state index contributed by atoms with van der Waals surface area (Å²) in [5.41, 5.74) is 6.44. The summed E-state index contributed by atoms with van der Waals surface area (Å²) in [5, 5.41) is 12.8. The summed E-state index contributed by atoms with van der Waals surface area (Å²) in [6.07, 6.45) is 1.43. The molecule has 6 heterocycles. The van der Waals surface area contributed by atoms with Crippen LogP contribution in [0, 0.1) is 11.8 Å². The number of alkyl halides is 1. The van der Waals surface area contributed by atoms with E-state index in [1.807, 2.05) is 4.90 Å². The lowest BCUT2D eigenvalue weighted by molar-refractivity contribution is -0.133. The molecule has 9 unspecified atom stereocenters. The molecule has 6 aliphatic heterocycles. The molecule has 0 aromatic carbocycles. The molecule has 230 valence electrons. The first-order chi connectivity index (χ1) is 19.8. The number of urea groups is 1. The van der Waals surface area contributed by atoms with Gasteiger partial charge >= 0.3 is 6.03 Å². The van der Waals surface area contributed by atoms with Gasteiger partial charge in [-0.2, -0.15) is 5.53 Å². The topological polar surface area (TPSA) is 116 Å². The van der Waals surface area contributed by atoms with Gasteiger partial charge in [-0.05, 0) is 44.7 Å². The van der Waals surface area contributed by atoms with E-state index in [0.29, 0.717) is 39.2 Å². The van der Waals surface area contributed by atoms with Crippen LogP contribution in [-0.4, -0.2) is 132 Å². The van der Waals surface area contributed by atoms with Crippen molar-refractivity contribution in [3.63, 3.8) is 0 Å². The second-order valence-electron chi connectivity index (χ2n) is 12.9. The van der Waals surface area contributed by atoms with Gasteiger partial charge in [-0.25, -0.2) is 19.6 Å². The number of fused-ring (bicyclic) bond motifs is 5. The molecule has 41 heavy (non-hydrogen) atoms. The maximum Gasteiger partial charge on any atom is 0.320 e. The fourth-order valence-electron chi connectivity index (χ4n) is 8.24. The summed E-state index contributed by atoms with van der Waals surface area (Å²) in [4.78, 5) is 32.6. The number of carbonyl (C=O) groups is 2. The van der Waals surface area contributed by atoms with Crippen LogP contribution < -0.4 is 26.9 Å². The summed E-state index contributed by atoms with van der Waals surface area (Å²) in [7, 11) is 0. The van der Waals surface area contributed by atoms with Crippen LogP contribution >= 0.6 is 0 Å². The zero-order chi connectivity index (χ0) is 28.8. The van der Waals surface area contributed by atoms with E-state index in [4.69, 9.17) is 4.74 Å². The molecule has 0 aromatic heterocycles. The van der Waals surface area contributed by atoms with Crippen LogP contribution in [0.3, 0.4) is 0 Å². The van der Waals surface area contributed by atoms with Gasteiger partial charge in [-0.3, -0.25) is 15.0 Å². The predicted octanol–water partition coefficient (Wildman–Crippen LogP) is -0.432. The number of piperazine rings is 1. The minimum Gasteiger partial charge on any atom is -0.376 e. The van der Waals surface area contributed by atoms with Crippen LogP contribution in [0.4, 0.5) is 9.18 Å². The highest BCUT2D eigenvalue weighted by Gasteiger charge is 2.57. The Bertz CT molecular complexity index is 989. The van der Waals surface area contributed by atoms with E-state index in [1.165, 1.54) is 6.08 Å². The monoisotopic (exact) mass is 577 g/mol. The minimum atomic E-state index is -1.08. The van der Waals surface area contributed by atoms with E-state index >= 15 is 4.39 Å². The summed E-state index contributed by atoms with van der Waals surface area (Å²) in [6, 6.07) is -0.787. The third-order valence-electron chi connectivity index (χ3n) is 10.2. The zero-order valence-corrected chi connectivity index (χ0v) is 24.6. The number of nitrogens with zero attached hydrogens (tertiary/aromatic N) is 4. The third kappa shape index (κ3) is 5.39. The molecule has 0 aromatic rings. The lowest BCUT2D eigenvalue weighted by Gasteiger charge is -2.59. The number of hydrogen-bond acceptors (Lipinski definition) is 9. The van der Waals surface area contributed by atoms with Gasteiger partial charge in [0, 0.05) is 57.3 Å². The Kier molecular flexibility index (Phi) is 8.56. The van der Waals surface area contributed by atoms with E-state index in [-0.39, 0.29) is 66.4 Å². The van der Waals surface area contributed by atoms with Crippen LogP contribution in [0.15, 0.2) is 12.7 Å². The number of halogens is 1. The fraction of sp³-hybridized carbons (Fsp3) is 0.857. The summed E-state index contributed by atoms with van der Waals surface area (Å²) in [5.74, 6) is 0.0162. The Hall–Kier alpha value is -1.87. The van der Waals surface area contributed by atoms with Crippen molar-refractivity contribution in [1.82, 2.24) is 46.6 Å². The van der Waals surface area contributed by atoms with Crippen molar-refractivity contribution in [3.05, 3.63) is 12.7 Å². The summed E-state index contributed by atoms with van der Waals surface area (Å²) >= 11 is 0. The maximum atomic E-state index is 16.3. The second kappa shape index (κ2) is 12.0. The van der Waals surface area contributed by atoms with E-state index in [2.05, 4.69) is 64.2 Å². The predicted molar refractivity (Wildman–Crippen MR) is 152 cm³/mol. The van der Waals surface area contributed by atoms with Gasteiger partial charge < -0.3 is 25.2 Å². The van der Waals surface area contributed by atoms with Gasteiger partial charge in [0.05, 0.1) is 36.6 Å². The summed E-state index contributed by atoms with van der Waals surface area (Å²) < 4.78 is 22.9. The molecular formula is C28H48FN9O3. The lowest BCUT2D eigenvalue weighted by Crippen LogP contribution is -2.80. The van der Waals surface area contributed by atoms with Crippen molar-refractivity contribution >= 4 is 11.9 Å². The Morgan fingerprint density at radius 1 is 1.22 bits per heavy atom. The summed E-state index contributed by atoms with van der Waals surface area (Å²) in [6.45, 7) is 14.6. The molecule has 12 nitrogen and oxygen atoms in total. The molecular weight excluding hydrogens is 529 g/mol. The van der Waals surface area contributed by atoms with Crippen molar-refractivity contribution < 1.29 is 18.7 Å². The zero-order valence-electron chi connectivity index (χ0n) is 24.6. The second-order valence-corrected chi connectivity index (χ2v) is 12.9. The molecule has 0 aliphatic carbocycles. The normalized spacial score (nSPS) is 42.5. The number of piperidine rings is 2. The Morgan fingerprint density at radius 3 is 2.80 bits per heavy atom. The third-order valence-corrected chi connectivity index (χ3v) is 10.2. The Morgan fingerprint density at radius 2 is 2.05 bits per heavy atom.